The van der Waals surface area contributed by atoms with Gasteiger partial charge in [-0.25, -0.2) is 10.8 Å². The molecule has 94 valence electrons. The summed E-state index contributed by atoms with van der Waals surface area (Å²) in [4.78, 5) is 6.65. The highest BCUT2D eigenvalue weighted by Crippen LogP contribution is 2.22. The molecule has 0 amide bonds. The van der Waals surface area contributed by atoms with Gasteiger partial charge in [0.15, 0.2) is 0 Å². The fourth-order valence-corrected chi connectivity index (χ4v) is 2.61. The first kappa shape index (κ1) is 12.3. The lowest BCUT2D eigenvalue weighted by molar-refractivity contribution is 0.313. The van der Waals surface area contributed by atoms with Gasteiger partial charge in [-0.05, 0) is 43.0 Å². The Labute approximate surface area is 103 Å². The SMILES string of the molecule is CCCC1CCN(Cc2ccnc(NN)c2)C1. The number of anilines is 1. The van der Waals surface area contributed by atoms with E-state index in [4.69, 9.17) is 5.84 Å². The normalized spacial score (nSPS) is 20.7. The lowest BCUT2D eigenvalue weighted by Gasteiger charge is -2.16. The van der Waals surface area contributed by atoms with E-state index in [1.54, 1.807) is 0 Å². The van der Waals surface area contributed by atoms with Crippen LogP contribution in [0.1, 0.15) is 31.7 Å². The Morgan fingerprint density at radius 3 is 3.24 bits per heavy atom. The molecule has 3 N–H and O–H groups in total. The number of nitrogens with one attached hydrogen (secondary N) is 1. The van der Waals surface area contributed by atoms with Crippen LogP contribution in [0.2, 0.25) is 0 Å². The fourth-order valence-electron chi connectivity index (χ4n) is 2.61. The molecule has 0 bridgehead atoms. The first-order valence-electron chi connectivity index (χ1n) is 6.45. The van der Waals surface area contributed by atoms with E-state index in [-0.39, 0.29) is 0 Å². The number of likely N-dealkylation sites (tertiary alicyclic amines) is 1. The van der Waals surface area contributed by atoms with Gasteiger partial charge in [-0.2, -0.15) is 0 Å². The van der Waals surface area contributed by atoms with Crippen molar-refractivity contribution in [1.29, 1.82) is 0 Å². The standard InChI is InChI=1S/C13H22N4/c1-2-3-11-5-7-17(9-11)10-12-4-6-15-13(8-12)16-14/h4,6,8,11H,2-3,5,7,9-10,14H2,1H3,(H,15,16). The number of nitrogen functional groups attached to an aromatic ring is 1. The molecular formula is C13H22N4. The van der Waals surface area contributed by atoms with E-state index < -0.39 is 0 Å². The van der Waals surface area contributed by atoms with E-state index in [1.807, 2.05) is 12.3 Å². The molecule has 4 nitrogen and oxygen atoms in total. The zero-order valence-corrected chi connectivity index (χ0v) is 10.5. The third-order valence-electron chi connectivity index (χ3n) is 3.45. The van der Waals surface area contributed by atoms with E-state index in [0.717, 1.165) is 18.3 Å². The number of nitrogens with two attached hydrogens (primary N) is 1. The Bertz CT molecular complexity index is 353. The number of hydrogen-bond donors (Lipinski definition) is 2. The van der Waals surface area contributed by atoms with Crippen LogP contribution in [-0.4, -0.2) is 23.0 Å². The molecule has 1 aromatic rings. The van der Waals surface area contributed by atoms with Crippen LogP contribution in [0.25, 0.3) is 0 Å². The molecule has 0 radical (unpaired) electrons. The van der Waals surface area contributed by atoms with Crippen LogP contribution in [0.15, 0.2) is 18.3 Å². The van der Waals surface area contributed by atoms with E-state index in [9.17, 15) is 0 Å². The maximum absolute atomic E-state index is 5.36. The molecule has 17 heavy (non-hydrogen) atoms. The van der Waals surface area contributed by atoms with Gasteiger partial charge < -0.3 is 5.43 Å². The van der Waals surface area contributed by atoms with E-state index in [2.05, 4.69) is 28.3 Å². The van der Waals surface area contributed by atoms with Crippen molar-refractivity contribution in [3.63, 3.8) is 0 Å². The number of hydrazine groups is 1. The highest BCUT2D eigenvalue weighted by atomic mass is 15.2. The van der Waals surface area contributed by atoms with Crippen LogP contribution in [0.3, 0.4) is 0 Å². The highest BCUT2D eigenvalue weighted by molar-refractivity contribution is 5.35. The Kier molecular flexibility index (Phi) is 4.34. The predicted molar refractivity (Wildman–Crippen MR) is 70.3 cm³/mol. The summed E-state index contributed by atoms with van der Waals surface area (Å²) >= 11 is 0. The van der Waals surface area contributed by atoms with Crippen LogP contribution >= 0.6 is 0 Å². The van der Waals surface area contributed by atoms with Crippen molar-refractivity contribution in [1.82, 2.24) is 9.88 Å². The molecule has 1 fully saturated rings. The molecule has 0 saturated carbocycles. The van der Waals surface area contributed by atoms with Gasteiger partial charge >= 0.3 is 0 Å². The highest BCUT2D eigenvalue weighted by Gasteiger charge is 2.21. The van der Waals surface area contributed by atoms with Gasteiger partial charge in [0.2, 0.25) is 0 Å². The van der Waals surface area contributed by atoms with E-state index >= 15 is 0 Å². The number of rotatable bonds is 5. The minimum absolute atomic E-state index is 0.742. The molecule has 1 aromatic heterocycles. The number of aromatic nitrogens is 1. The van der Waals surface area contributed by atoms with Crippen molar-refractivity contribution in [2.75, 3.05) is 18.5 Å². The number of pyridine rings is 1. The monoisotopic (exact) mass is 234 g/mol. The Morgan fingerprint density at radius 1 is 1.59 bits per heavy atom. The summed E-state index contributed by atoms with van der Waals surface area (Å²) < 4.78 is 0. The largest absolute Gasteiger partial charge is 0.308 e. The second kappa shape index (κ2) is 5.98. The van der Waals surface area contributed by atoms with Crippen molar-refractivity contribution in [3.05, 3.63) is 23.9 Å². The number of hydrogen-bond acceptors (Lipinski definition) is 4. The summed E-state index contributed by atoms with van der Waals surface area (Å²) in [6.45, 7) is 5.74. The van der Waals surface area contributed by atoms with Crippen molar-refractivity contribution >= 4 is 5.82 Å². The van der Waals surface area contributed by atoms with Gasteiger partial charge in [-0.15, -0.1) is 0 Å². The van der Waals surface area contributed by atoms with Gasteiger partial charge in [0.1, 0.15) is 5.82 Å². The minimum atomic E-state index is 0.742. The van der Waals surface area contributed by atoms with E-state index in [0.29, 0.717) is 0 Å². The van der Waals surface area contributed by atoms with Crippen LogP contribution in [0.5, 0.6) is 0 Å². The fraction of sp³-hybridized carbons (Fsp3) is 0.615. The summed E-state index contributed by atoms with van der Waals surface area (Å²) in [5, 5.41) is 0. The van der Waals surface area contributed by atoms with Gasteiger partial charge in [-0.1, -0.05) is 13.3 Å². The second-order valence-electron chi connectivity index (χ2n) is 4.87. The molecule has 1 unspecified atom stereocenters. The molecule has 1 atom stereocenters. The van der Waals surface area contributed by atoms with Gasteiger partial charge in [0, 0.05) is 19.3 Å². The quantitative estimate of drug-likeness (QED) is 0.604. The van der Waals surface area contributed by atoms with Crippen molar-refractivity contribution in [2.45, 2.75) is 32.7 Å². The molecule has 0 aliphatic carbocycles. The lowest BCUT2D eigenvalue weighted by atomic mass is 10.0. The maximum Gasteiger partial charge on any atom is 0.140 e. The number of nitrogens with zero attached hydrogens (tertiary/aromatic N) is 2. The van der Waals surface area contributed by atoms with Gasteiger partial charge in [0.25, 0.3) is 0 Å². The summed E-state index contributed by atoms with van der Waals surface area (Å²) in [5.41, 5.74) is 3.87. The molecule has 1 aliphatic heterocycles. The first-order valence-corrected chi connectivity index (χ1v) is 6.45. The average Bonchev–Trinajstić information content (AvgIpc) is 2.77. The topological polar surface area (TPSA) is 54.2 Å². The molecule has 2 rings (SSSR count). The Morgan fingerprint density at radius 2 is 2.47 bits per heavy atom. The minimum Gasteiger partial charge on any atom is -0.308 e. The van der Waals surface area contributed by atoms with Crippen molar-refractivity contribution in [2.24, 2.45) is 11.8 Å². The summed E-state index contributed by atoms with van der Waals surface area (Å²) in [5.74, 6) is 7.00. The van der Waals surface area contributed by atoms with Crippen molar-refractivity contribution < 1.29 is 0 Å². The van der Waals surface area contributed by atoms with E-state index in [1.165, 1.54) is 37.9 Å². The first-order chi connectivity index (χ1) is 8.31. The molecule has 1 aliphatic rings. The molecule has 2 heterocycles. The Balaban J connectivity index is 1.88. The molecular weight excluding hydrogens is 212 g/mol. The van der Waals surface area contributed by atoms with Gasteiger partial charge in [-0.3, -0.25) is 4.90 Å². The third-order valence-corrected chi connectivity index (χ3v) is 3.45. The Hall–Kier alpha value is -1.13. The van der Waals surface area contributed by atoms with Crippen LogP contribution in [-0.2, 0) is 6.54 Å². The average molecular weight is 234 g/mol. The maximum atomic E-state index is 5.36. The summed E-state index contributed by atoms with van der Waals surface area (Å²) in [6.07, 6.45) is 5.82. The van der Waals surface area contributed by atoms with Gasteiger partial charge in [0.05, 0.1) is 0 Å². The van der Waals surface area contributed by atoms with Crippen molar-refractivity contribution in [3.8, 4) is 0 Å². The smallest absolute Gasteiger partial charge is 0.140 e. The lowest BCUT2D eigenvalue weighted by Crippen LogP contribution is -2.20. The van der Waals surface area contributed by atoms with Crippen LogP contribution in [0, 0.1) is 5.92 Å². The predicted octanol–water partition coefficient (Wildman–Crippen LogP) is 1.99. The molecule has 1 saturated heterocycles. The summed E-state index contributed by atoms with van der Waals surface area (Å²) in [6, 6.07) is 4.08. The molecule has 0 spiro atoms. The zero-order chi connectivity index (χ0) is 12.1. The molecule has 4 heteroatoms. The third kappa shape index (κ3) is 3.41. The second-order valence-corrected chi connectivity index (χ2v) is 4.87. The zero-order valence-electron chi connectivity index (χ0n) is 10.5. The van der Waals surface area contributed by atoms with Crippen LogP contribution < -0.4 is 11.3 Å². The van der Waals surface area contributed by atoms with Crippen LogP contribution in [0.4, 0.5) is 5.82 Å². The molecule has 0 aromatic carbocycles. The summed E-state index contributed by atoms with van der Waals surface area (Å²) in [7, 11) is 0.